The van der Waals surface area contributed by atoms with Crippen LogP contribution in [0.5, 0.6) is 5.88 Å². The maximum Gasteiger partial charge on any atom is 0.335 e. The van der Waals surface area contributed by atoms with Crippen LogP contribution >= 0.6 is 0 Å². The van der Waals surface area contributed by atoms with Crippen LogP contribution in [-0.4, -0.2) is 56.3 Å². The van der Waals surface area contributed by atoms with E-state index in [-0.39, 0.29) is 29.8 Å². The molecule has 2 aliphatic rings. The fourth-order valence-corrected chi connectivity index (χ4v) is 5.30. The summed E-state index contributed by atoms with van der Waals surface area (Å²) < 4.78 is 27.8. The highest BCUT2D eigenvalue weighted by atomic mass is 19.1. The lowest BCUT2D eigenvalue weighted by atomic mass is 10.0. The molecular formula is C30H28FN5O4. The van der Waals surface area contributed by atoms with Gasteiger partial charge in [-0.15, -0.1) is 0 Å². The Morgan fingerprint density at radius 3 is 2.80 bits per heavy atom. The molecule has 2 aliphatic heterocycles. The number of pyridine rings is 1. The van der Waals surface area contributed by atoms with Crippen LogP contribution in [-0.2, 0) is 24.4 Å². The molecule has 0 aliphatic carbocycles. The highest BCUT2D eigenvalue weighted by Crippen LogP contribution is 2.30. The lowest BCUT2D eigenvalue weighted by Gasteiger charge is -2.28. The molecule has 10 heteroatoms. The third-order valence-electron chi connectivity index (χ3n) is 7.61. The minimum Gasteiger partial charge on any atom is -0.478 e. The molecule has 4 aromatic rings. The summed E-state index contributed by atoms with van der Waals surface area (Å²) in [5, 5.41) is 18.4. The van der Waals surface area contributed by atoms with E-state index in [0.717, 1.165) is 55.1 Å². The van der Waals surface area contributed by atoms with Gasteiger partial charge in [-0.1, -0.05) is 12.1 Å². The van der Waals surface area contributed by atoms with Crippen LogP contribution in [0.1, 0.15) is 51.8 Å². The molecule has 2 aromatic heterocycles. The van der Waals surface area contributed by atoms with Crippen LogP contribution in [0.15, 0.2) is 54.6 Å². The first-order chi connectivity index (χ1) is 19.5. The predicted octanol–water partition coefficient (Wildman–Crippen LogP) is 4.50. The monoisotopic (exact) mass is 541 g/mol. The Morgan fingerprint density at radius 2 is 2.05 bits per heavy atom. The molecule has 0 radical (unpaired) electrons. The van der Waals surface area contributed by atoms with E-state index in [2.05, 4.69) is 9.47 Å². The maximum absolute atomic E-state index is 14.2. The van der Waals surface area contributed by atoms with Gasteiger partial charge in [0, 0.05) is 36.4 Å². The van der Waals surface area contributed by atoms with Gasteiger partial charge in [-0.05, 0) is 55.8 Å². The van der Waals surface area contributed by atoms with Gasteiger partial charge in [0.05, 0.1) is 47.4 Å². The van der Waals surface area contributed by atoms with Crippen LogP contribution in [0.3, 0.4) is 0 Å². The van der Waals surface area contributed by atoms with E-state index < -0.39 is 11.8 Å². The van der Waals surface area contributed by atoms with Gasteiger partial charge in [-0.25, -0.2) is 19.2 Å². The summed E-state index contributed by atoms with van der Waals surface area (Å²) in [4.78, 5) is 23.5. The molecule has 2 atom stereocenters. The number of halogens is 1. The smallest absolute Gasteiger partial charge is 0.335 e. The van der Waals surface area contributed by atoms with Crippen molar-refractivity contribution in [2.45, 2.75) is 44.6 Å². The summed E-state index contributed by atoms with van der Waals surface area (Å²) in [6.07, 6.45) is 2.02. The molecule has 4 heterocycles. The Morgan fingerprint density at radius 1 is 1.18 bits per heavy atom. The predicted molar refractivity (Wildman–Crippen MR) is 143 cm³/mol. The highest BCUT2D eigenvalue weighted by molar-refractivity contribution is 5.92. The van der Waals surface area contributed by atoms with E-state index in [1.165, 1.54) is 6.07 Å². The van der Waals surface area contributed by atoms with Crippen molar-refractivity contribution in [3.63, 3.8) is 0 Å². The number of hydrogen-bond donors (Lipinski definition) is 1. The number of nitriles is 1. The van der Waals surface area contributed by atoms with E-state index in [1.54, 1.807) is 36.4 Å². The minimum absolute atomic E-state index is 0.0231. The third kappa shape index (κ3) is 5.39. The van der Waals surface area contributed by atoms with Crippen molar-refractivity contribution in [2.24, 2.45) is 0 Å². The molecular weight excluding hydrogens is 513 g/mol. The lowest BCUT2D eigenvalue weighted by Crippen LogP contribution is -2.32. The Hall–Kier alpha value is -4.33. The first-order valence-electron chi connectivity index (χ1n) is 13.3. The summed E-state index contributed by atoms with van der Waals surface area (Å²) in [5.74, 6) is 0.0935. The zero-order valence-corrected chi connectivity index (χ0v) is 21.8. The fourth-order valence-electron chi connectivity index (χ4n) is 5.30. The lowest BCUT2D eigenvalue weighted by molar-refractivity contribution is -0.0591. The molecule has 0 saturated carbocycles. The van der Waals surface area contributed by atoms with E-state index in [0.29, 0.717) is 24.5 Å². The van der Waals surface area contributed by atoms with Crippen molar-refractivity contribution in [1.82, 2.24) is 19.4 Å². The molecule has 0 bridgehead atoms. The number of carbonyl (C=O) groups is 1. The third-order valence-corrected chi connectivity index (χ3v) is 7.61. The Bertz CT molecular complexity index is 1610. The van der Waals surface area contributed by atoms with Gasteiger partial charge in [0.15, 0.2) is 0 Å². The topological polar surface area (TPSA) is 114 Å². The number of carboxylic acid groups (broad SMARTS) is 1. The number of rotatable bonds is 9. The van der Waals surface area contributed by atoms with Crippen LogP contribution in [0.2, 0.25) is 0 Å². The van der Waals surface area contributed by atoms with Gasteiger partial charge in [0.2, 0.25) is 5.88 Å². The van der Waals surface area contributed by atoms with Gasteiger partial charge in [-0.3, -0.25) is 4.90 Å². The number of aromatic carboxylic acids is 1. The Balaban J connectivity index is 1.14. The molecule has 204 valence electrons. The largest absolute Gasteiger partial charge is 0.478 e. The van der Waals surface area contributed by atoms with E-state index in [1.807, 2.05) is 18.2 Å². The number of nitrogens with zero attached hydrogens (tertiary/aromatic N) is 5. The number of likely N-dealkylation sites (tertiary alicyclic amines) is 1. The highest BCUT2D eigenvalue weighted by Gasteiger charge is 2.28. The average Bonchev–Trinajstić information content (AvgIpc) is 3.54. The summed E-state index contributed by atoms with van der Waals surface area (Å²) in [7, 11) is 0. The maximum atomic E-state index is 14.2. The quantitative estimate of drug-likeness (QED) is 0.330. The molecule has 0 amide bonds. The number of imidazole rings is 1. The summed E-state index contributed by atoms with van der Waals surface area (Å²) in [5.41, 5.74) is 3.38. The van der Waals surface area contributed by atoms with Crippen molar-refractivity contribution >= 4 is 17.0 Å². The second-order valence-electron chi connectivity index (χ2n) is 10.3. The Labute approximate surface area is 230 Å². The van der Waals surface area contributed by atoms with Gasteiger partial charge >= 0.3 is 5.97 Å². The standard InChI is InChI=1S/C30H28FN5O4/c31-24-12-19(14-32)4-5-22(24)18-40-29-3-1-2-25(34-29)21-8-10-35(15-21)17-28-33-26-7-6-20(30(37)38)13-27(26)36(28)16-23-9-11-39-23/h1-7,12-13,21,23H,8-11,15-18H2,(H,37,38). The molecule has 2 saturated heterocycles. The zero-order chi connectivity index (χ0) is 27.6. The van der Waals surface area contributed by atoms with Gasteiger partial charge in [0.1, 0.15) is 18.2 Å². The number of aromatic nitrogens is 3. The first-order valence-corrected chi connectivity index (χ1v) is 13.3. The van der Waals surface area contributed by atoms with Gasteiger partial charge in [0.25, 0.3) is 0 Å². The van der Waals surface area contributed by atoms with E-state index in [9.17, 15) is 14.3 Å². The average molecular weight is 542 g/mol. The molecule has 2 unspecified atom stereocenters. The first kappa shape index (κ1) is 25.9. The normalized spacial score (nSPS) is 18.9. The molecule has 0 spiro atoms. The van der Waals surface area contributed by atoms with E-state index >= 15 is 0 Å². The van der Waals surface area contributed by atoms with Crippen molar-refractivity contribution in [3.05, 3.63) is 88.6 Å². The molecule has 2 aromatic carbocycles. The molecule has 6 rings (SSSR count). The number of ether oxygens (including phenoxy) is 2. The van der Waals surface area contributed by atoms with Crippen LogP contribution in [0.25, 0.3) is 11.0 Å². The summed E-state index contributed by atoms with van der Waals surface area (Å²) in [6, 6.07) is 16.9. The van der Waals surface area contributed by atoms with Crippen molar-refractivity contribution in [2.75, 3.05) is 19.7 Å². The zero-order valence-electron chi connectivity index (χ0n) is 21.8. The number of hydrogen-bond acceptors (Lipinski definition) is 7. The van der Waals surface area contributed by atoms with E-state index in [4.69, 9.17) is 24.7 Å². The summed E-state index contributed by atoms with van der Waals surface area (Å²) >= 11 is 0. The second-order valence-corrected chi connectivity index (χ2v) is 10.3. The van der Waals surface area contributed by atoms with Crippen LogP contribution in [0.4, 0.5) is 4.39 Å². The molecule has 9 nitrogen and oxygen atoms in total. The van der Waals surface area contributed by atoms with Crippen molar-refractivity contribution in [3.8, 4) is 11.9 Å². The molecule has 2 fully saturated rings. The molecule has 40 heavy (non-hydrogen) atoms. The number of carboxylic acids is 1. The fraction of sp³-hybridized carbons (Fsp3) is 0.333. The minimum atomic E-state index is -0.959. The summed E-state index contributed by atoms with van der Waals surface area (Å²) in [6.45, 7) is 3.72. The van der Waals surface area contributed by atoms with Crippen LogP contribution in [0, 0.1) is 17.1 Å². The number of benzene rings is 2. The van der Waals surface area contributed by atoms with Crippen molar-refractivity contribution in [1.29, 1.82) is 5.26 Å². The molecule has 1 N–H and O–H groups in total. The second kappa shape index (κ2) is 11.0. The Kier molecular flexibility index (Phi) is 7.15. The van der Waals surface area contributed by atoms with Crippen LogP contribution < -0.4 is 4.74 Å². The number of fused-ring (bicyclic) bond motifs is 1. The van der Waals surface area contributed by atoms with Gasteiger partial charge in [-0.2, -0.15) is 5.26 Å². The van der Waals surface area contributed by atoms with Gasteiger partial charge < -0.3 is 19.1 Å². The van der Waals surface area contributed by atoms with Crippen molar-refractivity contribution < 1.29 is 23.8 Å². The SMILES string of the molecule is N#Cc1ccc(COc2cccc(C3CCN(Cc4nc5ccc(C(=O)O)cc5n4CC4CCO4)C3)n2)c(F)c1.